The molecule has 2 aromatic rings. The zero-order valence-corrected chi connectivity index (χ0v) is 36.6. The first-order valence-electron chi connectivity index (χ1n) is 21.3. The second kappa shape index (κ2) is 35.0. The molecule has 0 radical (unpaired) electrons. The zero-order chi connectivity index (χ0) is 36.5. The van der Waals surface area contributed by atoms with E-state index in [4.69, 9.17) is 4.79 Å². The van der Waals surface area contributed by atoms with Gasteiger partial charge < -0.3 is 9.35 Å². The van der Waals surface area contributed by atoms with Crippen LogP contribution in [0.2, 0.25) is 0 Å². The summed E-state index contributed by atoms with van der Waals surface area (Å²) < 4.78 is 37.9. The van der Waals surface area contributed by atoms with Crippen molar-refractivity contribution in [3.05, 3.63) is 41.5 Å². The third-order valence-corrected chi connectivity index (χ3v) is 11.5. The molecular weight excluding hydrogens is 660 g/mol. The fraction of sp³-hybridized carbons (Fsp3) is 0.756. The van der Waals surface area contributed by atoms with Gasteiger partial charge in [-0.15, -0.1) is 0 Å². The van der Waals surface area contributed by atoms with E-state index in [1.54, 1.807) is 0 Å². The second-order valence-electron chi connectivity index (χ2n) is 14.9. The number of rotatable bonds is 33. The minimum atomic E-state index is -4.56. The molecule has 0 fully saturated rings. The number of carbonyl (C=O) groups is 1. The summed E-state index contributed by atoms with van der Waals surface area (Å²) in [5.41, 5.74) is 1.90. The van der Waals surface area contributed by atoms with Gasteiger partial charge in [0.05, 0.1) is 4.90 Å². The summed E-state index contributed by atoms with van der Waals surface area (Å²) in [5, 5.41) is 1.48. The smallest absolute Gasteiger partial charge is 0.744 e. The Balaban J connectivity index is 0.00000818. The van der Waals surface area contributed by atoms with Gasteiger partial charge in [0.1, 0.15) is 16.9 Å². The summed E-state index contributed by atoms with van der Waals surface area (Å²) in [6.45, 7) is 6.56. The molecule has 0 saturated carbocycles. The largest absolute Gasteiger partial charge is 1.00 e. The molecule has 2 rings (SSSR count). The van der Waals surface area contributed by atoms with E-state index in [0.717, 1.165) is 42.2 Å². The Morgan fingerprint density at radius 2 is 0.804 bits per heavy atom. The van der Waals surface area contributed by atoms with E-state index in [1.807, 2.05) is 31.1 Å². The molecule has 0 aliphatic heterocycles. The van der Waals surface area contributed by atoms with Gasteiger partial charge in [-0.05, 0) is 47.6 Å². The predicted octanol–water partition coefficient (Wildman–Crippen LogP) is 11.4. The summed E-state index contributed by atoms with van der Waals surface area (Å²) in [7, 11) is -4.56. The molecule has 2 aromatic carbocycles. The number of hydrogen-bond acceptors (Lipinski definition) is 4. The van der Waals surface area contributed by atoms with Gasteiger partial charge in [0.25, 0.3) is 0 Å². The molecule has 0 atom stereocenters. The van der Waals surface area contributed by atoms with Crippen LogP contribution in [0.1, 0.15) is 218 Å². The first-order valence-corrected chi connectivity index (χ1v) is 22.7. The normalized spacial score (nSPS) is 11.4. The van der Waals surface area contributed by atoms with E-state index in [1.165, 1.54) is 173 Å². The second-order valence-corrected chi connectivity index (χ2v) is 16.2. The fourth-order valence-electron chi connectivity index (χ4n) is 7.56. The number of fused-ring (bicyclic) bond motifs is 1. The van der Waals surface area contributed by atoms with Crippen molar-refractivity contribution in [3.63, 3.8) is 0 Å². The average molecular weight is 737 g/mol. The van der Waals surface area contributed by atoms with E-state index in [0.29, 0.717) is 11.8 Å². The summed E-state index contributed by atoms with van der Waals surface area (Å²) in [6.07, 6.45) is 41.2. The Hall–Kier alpha value is -0.720. The Kier molecular flexibility index (Phi) is 34.5. The quantitative estimate of drug-likeness (QED) is 0.0415. The van der Waals surface area contributed by atoms with Crippen LogP contribution in [0.5, 0.6) is 0 Å². The molecule has 0 amide bonds. The first kappa shape index (κ1) is 50.3. The molecule has 6 heteroatoms. The third-order valence-electron chi connectivity index (χ3n) is 10.5. The van der Waals surface area contributed by atoms with Gasteiger partial charge in [-0.1, -0.05) is 224 Å². The predicted molar refractivity (Wildman–Crippen MR) is 216 cm³/mol. The van der Waals surface area contributed by atoms with Crippen molar-refractivity contribution < 1.29 is 47.3 Å². The van der Waals surface area contributed by atoms with Gasteiger partial charge in [0, 0.05) is 0 Å². The van der Waals surface area contributed by atoms with Crippen LogP contribution < -0.4 is 29.6 Å². The molecular formula is C45H77NaO4S. The van der Waals surface area contributed by atoms with Crippen molar-refractivity contribution in [2.75, 3.05) is 0 Å². The number of carbonyl (C=O) groups excluding carboxylic acids is 1. The van der Waals surface area contributed by atoms with E-state index in [-0.39, 0.29) is 34.5 Å². The van der Waals surface area contributed by atoms with Crippen LogP contribution in [-0.4, -0.2) is 19.8 Å². The van der Waals surface area contributed by atoms with Gasteiger partial charge in [-0.25, -0.2) is 8.42 Å². The molecule has 288 valence electrons. The molecule has 0 aliphatic carbocycles. The van der Waals surface area contributed by atoms with E-state index < -0.39 is 10.1 Å². The zero-order valence-electron chi connectivity index (χ0n) is 33.8. The Morgan fingerprint density at radius 1 is 0.490 bits per heavy atom. The SMILES string of the molecule is C=O.CCCCCCCCCCCCCCCCCc1cc2ccccc2c(S(=O)(=O)[O-])c1CCCCCCCCCCCCCCCCC.[Na+]. The molecule has 0 unspecified atom stereocenters. The maximum absolute atomic E-state index is 12.6. The Morgan fingerprint density at radius 3 is 1.16 bits per heavy atom. The molecule has 0 heterocycles. The molecule has 0 N–H and O–H groups in total. The summed E-state index contributed by atoms with van der Waals surface area (Å²) in [4.78, 5) is 8.06. The van der Waals surface area contributed by atoms with Crippen LogP contribution >= 0.6 is 0 Å². The van der Waals surface area contributed by atoms with Crippen LogP contribution in [0, 0.1) is 0 Å². The summed E-state index contributed by atoms with van der Waals surface area (Å²) in [5.74, 6) is 0. The maximum Gasteiger partial charge on any atom is 1.00 e. The van der Waals surface area contributed by atoms with Crippen molar-refractivity contribution in [1.29, 1.82) is 0 Å². The van der Waals surface area contributed by atoms with Crippen LogP contribution in [-0.2, 0) is 27.8 Å². The van der Waals surface area contributed by atoms with Crippen molar-refractivity contribution in [2.45, 2.75) is 224 Å². The van der Waals surface area contributed by atoms with Crippen molar-refractivity contribution in [3.8, 4) is 0 Å². The molecule has 4 nitrogen and oxygen atoms in total. The summed E-state index contributed by atoms with van der Waals surface area (Å²) in [6, 6.07) is 9.73. The minimum Gasteiger partial charge on any atom is -0.744 e. The number of aryl methyl sites for hydroxylation is 1. The van der Waals surface area contributed by atoms with Crippen molar-refractivity contribution >= 4 is 27.7 Å². The number of unbranched alkanes of at least 4 members (excludes halogenated alkanes) is 28. The molecule has 0 saturated heterocycles. The first-order chi connectivity index (χ1) is 24.5. The monoisotopic (exact) mass is 737 g/mol. The van der Waals surface area contributed by atoms with Crippen LogP contribution in [0.25, 0.3) is 10.8 Å². The van der Waals surface area contributed by atoms with E-state index in [2.05, 4.69) is 19.9 Å². The Labute approximate surface area is 338 Å². The topological polar surface area (TPSA) is 74.3 Å². The number of hydrogen-bond donors (Lipinski definition) is 0. The molecule has 0 aromatic heterocycles. The van der Waals surface area contributed by atoms with Gasteiger partial charge in [-0.3, -0.25) is 0 Å². The van der Waals surface area contributed by atoms with Gasteiger partial charge in [0.15, 0.2) is 0 Å². The standard InChI is InChI=1S/C44H76O3S.CH2O.Na/c1-3-5-7-9-11-13-15-17-19-21-23-25-27-29-31-35-40-39-41-36-33-34-38-43(41)44(48(45,46)47)42(40)37-32-30-28-26-24-22-20-18-16-14-12-10-8-6-4-2;1-2;/h33-34,36,38-39H,3-32,35,37H2,1-2H3,(H,45,46,47);1H2;/q;;+1/p-1. The fourth-order valence-corrected chi connectivity index (χ4v) is 8.55. The number of benzene rings is 2. The molecule has 0 aliphatic rings. The van der Waals surface area contributed by atoms with Crippen molar-refractivity contribution in [1.82, 2.24) is 0 Å². The van der Waals surface area contributed by atoms with Crippen LogP contribution in [0.15, 0.2) is 35.2 Å². The minimum absolute atomic E-state index is 0. The molecule has 0 bridgehead atoms. The van der Waals surface area contributed by atoms with Crippen molar-refractivity contribution in [2.24, 2.45) is 0 Å². The molecule has 51 heavy (non-hydrogen) atoms. The van der Waals surface area contributed by atoms with Crippen LogP contribution in [0.3, 0.4) is 0 Å². The Bertz CT molecular complexity index is 1180. The van der Waals surface area contributed by atoms with E-state index in [9.17, 15) is 13.0 Å². The average Bonchev–Trinajstić information content (AvgIpc) is 3.11. The van der Waals surface area contributed by atoms with Crippen LogP contribution in [0.4, 0.5) is 0 Å². The van der Waals surface area contributed by atoms with Gasteiger partial charge in [0.2, 0.25) is 0 Å². The van der Waals surface area contributed by atoms with Gasteiger partial charge >= 0.3 is 29.6 Å². The van der Waals surface area contributed by atoms with E-state index >= 15 is 0 Å². The summed E-state index contributed by atoms with van der Waals surface area (Å²) >= 11 is 0. The van der Waals surface area contributed by atoms with Gasteiger partial charge in [-0.2, -0.15) is 0 Å². The molecule has 0 spiro atoms. The maximum atomic E-state index is 12.6. The third kappa shape index (κ3) is 25.1.